The van der Waals surface area contributed by atoms with Crippen molar-refractivity contribution in [1.82, 2.24) is 10.6 Å². The Kier molecular flexibility index (Phi) is 7.97. The van der Waals surface area contributed by atoms with Crippen molar-refractivity contribution in [1.29, 1.82) is 0 Å². The number of aliphatic hydroxyl groups excluding tert-OH is 4. The first-order valence-electron chi connectivity index (χ1n) is 8.98. The van der Waals surface area contributed by atoms with Crippen LogP contribution in [0.2, 0.25) is 0 Å². The van der Waals surface area contributed by atoms with Crippen molar-refractivity contribution in [3.05, 3.63) is 41.7 Å². The maximum atomic E-state index is 12.5. The maximum absolute atomic E-state index is 12.5. The second kappa shape index (κ2) is 10.2. The van der Waals surface area contributed by atoms with Crippen molar-refractivity contribution >= 4 is 11.8 Å². The SMILES string of the molecule is COc1ccc(CNC(=O)C2=C[C@H](O)[C@@H](NC(C)=O)[C@H]([C@H](O)[C@H](O)CO)O2)cc1. The molecule has 2 amide bonds. The summed E-state index contributed by atoms with van der Waals surface area (Å²) in [5.74, 6) is -0.766. The highest BCUT2D eigenvalue weighted by Crippen LogP contribution is 2.23. The van der Waals surface area contributed by atoms with Crippen molar-refractivity contribution < 1.29 is 39.5 Å². The molecule has 0 radical (unpaired) electrons. The van der Waals surface area contributed by atoms with Crippen molar-refractivity contribution in [3.8, 4) is 5.75 Å². The molecule has 0 saturated carbocycles. The highest BCUT2D eigenvalue weighted by Gasteiger charge is 2.42. The predicted molar refractivity (Wildman–Crippen MR) is 101 cm³/mol. The van der Waals surface area contributed by atoms with Crippen LogP contribution >= 0.6 is 0 Å². The van der Waals surface area contributed by atoms with E-state index in [0.717, 1.165) is 11.6 Å². The van der Waals surface area contributed by atoms with Gasteiger partial charge in [-0.25, -0.2) is 0 Å². The summed E-state index contributed by atoms with van der Waals surface area (Å²) in [5, 5.41) is 44.4. The minimum absolute atomic E-state index is 0.168. The number of nitrogens with one attached hydrogen (secondary N) is 2. The van der Waals surface area contributed by atoms with Gasteiger partial charge in [-0.15, -0.1) is 0 Å². The van der Waals surface area contributed by atoms with Gasteiger partial charge in [0.25, 0.3) is 5.91 Å². The third-order valence-corrected chi connectivity index (χ3v) is 4.43. The quantitative estimate of drug-likeness (QED) is 0.292. The highest BCUT2D eigenvalue weighted by molar-refractivity contribution is 5.91. The second-order valence-corrected chi connectivity index (χ2v) is 6.60. The van der Waals surface area contributed by atoms with E-state index in [9.17, 15) is 24.9 Å². The summed E-state index contributed by atoms with van der Waals surface area (Å²) >= 11 is 0. The molecule has 1 aliphatic heterocycles. The van der Waals surface area contributed by atoms with E-state index in [1.807, 2.05) is 0 Å². The fraction of sp³-hybridized carbons (Fsp3) is 0.474. The molecule has 0 aromatic heterocycles. The number of rotatable bonds is 8. The lowest BCUT2D eigenvalue weighted by Crippen LogP contribution is -2.60. The van der Waals surface area contributed by atoms with E-state index in [1.54, 1.807) is 31.4 Å². The minimum atomic E-state index is -1.66. The summed E-state index contributed by atoms with van der Waals surface area (Å²) < 4.78 is 10.5. The van der Waals surface area contributed by atoms with Gasteiger partial charge >= 0.3 is 0 Å². The lowest BCUT2D eigenvalue weighted by molar-refractivity contribution is -0.139. The molecule has 2 rings (SSSR count). The summed E-state index contributed by atoms with van der Waals surface area (Å²) in [6.07, 6.45) is -4.86. The van der Waals surface area contributed by atoms with E-state index >= 15 is 0 Å². The van der Waals surface area contributed by atoms with Gasteiger partial charge < -0.3 is 40.5 Å². The largest absolute Gasteiger partial charge is 0.497 e. The Labute approximate surface area is 167 Å². The number of aliphatic hydroxyl groups is 4. The number of benzene rings is 1. The van der Waals surface area contributed by atoms with Crippen LogP contribution in [0.4, 0.5) is 0 Å². The Morgan fingerprint density at radius 3 is 2.45 bits per heavy atom. The average Bonchev–Trinajstić information content (AvgIpc) is 2.72. The number of carbonyl (C=O) groups is 2. The number of carbonyl (C=O) groups excluding carboxylic acids is 2. The standard InChI is InChI=1S/C19H26N2O8/c1-10(23)21-16-13(24)7-15(29-18(16)17(26)14(25)9-22)19(27)20-8-11-3-5-12(28-2)6-4-11/h3-7,13-14,16-18,22,24-26H,8-9H2,1-2H3,(H,20,27)(H,21,23)/t13-,14+,16+,17+,18+/m0/s1. The van der Waals surface area contributed by atoms with E-state index in [-0.39, 0.29) is 12.3 Å². The highest BCUT2D eigenvalue weighted by atomic mass is 16.5. The van der Waals surface area contributed by atoms with E-state index in [0.29, 0.717) is 5.75 Å². The van der Waals surface area contributed by atoms with Crippen LogP contribution < -0.4 is 15.4 Å². The van der Waals surface area contributed by atoms with Crippen LogP contribution in [0.1, 0.15) is 12.5 Å². The van der Waals surface area contributed by atoms with E-state index in [4.69, 9.17) is 14.6 Å². The molecule has 1 aromatic rings. The second-order valence-electron chi connectivity index (χ2n) is 6.60. The van der Waals surface area contributed by atoms with Gasteiger partial charge in [-0.1, -0.05) is 12.1 Å². The normalized spacial score (nSPS) is 23.2. The predicted octanol–water partition coefficient (Wildman–Crippen LogP) is -1.83. The number of ether oxygens (including phenoxy) is 2. The van der Waals surface area contributed by atoms with Gasteiger partial charge in [0.05, 0.1) is 19.8 Å². The first-order chi connectivity index (χ1) is 13.8. The molecule has 0 aliphatic carbocycles. The summed E-state index contributed by atoms with van der Waals surface area (Å²) in [5.41, 5.74) is 0.791. The maximum Gasteiger partial charge on any atom is 0.286 e. The Morgan fingerprint density at radius 2 is 1.90 bits per heavy atom. The fourth-order valence-corrected chi connectivity index (χ4v) is 2.87. The zero-order valence-corrected chi connectivity index (χ0v) is 16.1. The lowest BCUT2D eigenvalue weighted by Gasteiger charge is -2.38. The van der Waals surface area contributed by atoms with E-state index in [2.05, 4.69) is 10.6 Å². The molecular formula is C19H26N2O8. The van der Waals surface area contributed by atoms with Gasteiger partial charge in [-0.3, -0.25) is 9.59 Å². The Balaban J connectivity index is 2.11. The monoisotopic (exact) mass is 410 g/mol. The first kappa shape index (κ1) is 22.6. The van der Waals surface area contributed by atoms with Gasteiger partial charge in [-0.05, 0) is 23.8 Å². The minimum Gasteiger partial charge on any atom is -0.497 e. The molecule has 5 atom stereocenters. The summed E-state index contributed by atoms with van der Waals surface area (Å²) in [4.78, 5) is 23.9. The van der Waals surface area contributed by atoms with Crippen LogP contribution in [-0.2, 0) is 20.9 Å². The van der Waals surface area contributed by atoms with Crippen LogP contribution in [0.15, 0.2) is 36.1 Å². The number of methoxy groups -OCH3 is 1. The summed E-state index contributed by atoms with van der Waals surface area (Å²) in [7, 11) is 1.54. The van der Waals surface area contributed by atoms with Gasteiger partial charge in [0.2, 0.25) is 5.91 Å². The number of hydrogen-bond acceptors (Lipinski definition) is 8. The molecular weight excluding hydrogens is 384 g/mol. The molecule has 0 saturated heterocycles. The van der Waals surface area contributed by atoms with Crippen molar-refractivity contribution in [2.75, 3.05) is 13.7 Å². The van der Waals surface area contributed by atoms with Gasteiger partial charge in [0.1, 0.15) is 24.1 Å². The molecule has 0 spiro atoms. The first-order valence-corrected chi connectivity index (χ1v) is 8.98. The van der Waals surface area contributed by atoms with Crippen LogP contribution in [0.25, 0.3) is 0 Å². The molecule has 0 fully saturated rings. The summed E-state index contributed by atoms with van der Waals surface area (Å²) in [6, 6.07) is 5.88. The van der Waals surface area contributed by atoms with Crippen LogP contribution in [0.5, 0.6) is 5.75 Å². The molecule has 0 bridgehead atoms. The number of amides is 2. The Morgan fingerprint density at radius 1 is 1.24 bits per heavy atom. The molecule has 1 aliphatic rings. The lowest BCUT2D eigenvalue weighted by atomic mass is 9.93. The molecule has 160 valence electrons. The molecule has 29 heavy (non-hydrogen) atoms. The number of hydrogen-bond donors (Lipinski definition) is 6. The third-order valence-electron chi connectivity index (χ3n) is 4.43. The zero-order valence-electron chi connectivity index (χ0n) is 16.1. The van der Waals surface area contributed by atoms with Crippen LogP contribution in [0, 0.1) is 0 Å². The molecule has 1 heterocycles. The van der Waals surface area contributed by atoms with Crippen LogP contribution in [-0.4, -0.2) is 76.4 Å². The topological polar surface area (TPSA) is 158 Å². The molecule has 6 N–H and O–H groups in total. The zero-order chi connectivity index (χ0) is 21.6. The van der Waals surface area contributed by atoms with Gasteiger partial charge in [0, 0.05) is 13.5 Å². The summed E-state index contributed by atoms with van der Waals surface area (Å²) in [6.45, 7) is 0.604. The Hall–Kier alpha value is -2.66. The molecule has 10 nitrogen and oxygen atoms in total. The van der Waals surface area contributed by atoms with Crippen molar-refractivity contribution in [2.24, 2.45) is 0 Å². The van der Waals surface area contributed by atoms with Gasteiger partial charge in [0.15, 0.2) is 11.9 Å². The molecule has 1 aromatic carbocycles. The van der Waals surface area contributed by atoms with E-state index < -0.39 is 48.9 Å². The molecule has 10 heteroatoms. The third kappa shape index (κ3) is 5.91. The van der Waals surface area contributed by atoms with Crippen molar-refractivity contribution in [2.45, 2.75) is 43.9 Å². The van der Waals surface area contributed by atoms with Crippen molar-refractivity contribution in [3.63, 3.8) is 0 Å². The average molecular weight is 410 g/mol. The Bertz CT molecular complexity index is 736. The fourth-order valence-electron chi connectivity index (χ4n) is 2.87. The van der Waals surface area contributed by atoms with Crippen LogP contribution in [0.3, 0.4) is 0 Å². The molecule has 0 unspecified atom stereocenters. The van der Waals surface area contributed by atoms with E-state index in [1.165, 1.54) is 6.92 Å². The smallest absolute Gasteiger partial charge is 0.286 e. The van der Waals surface area contributed by atoms with Gasteiger partial charge in [-0.2, -0.15) is 0 Å².